The molecule has 1 aliphatic heterocycles. The van der Waals surface area contributed by atoms with Crippen LogP contribution in [0.3, 0.4) is 0 Å². The van der Waals surface area contributed by atoms with Gasteiger partial charge in [0.25, 0.3) is 0 Å². The molecule has 18 heavy (non-hydrogen) atoms. The summed E-state index contributed by atoms with van der Waals surface area (Å²) in [6, 6.07) is 2.09. The van der Waals surface area contributed by atoms with Crippen LogP contribution in [-0.2, 0) is 4.79 Å². The number of amides is 1. The highest BCUT2D eigenvalue weighted by Gasteiger charge is 2.27. The van der Waals surface area contributed by atoms with Gasteiger partial charge in [-0.1, -0.05) is 0 Å². The maximum Gasteiger partial charge on any atom is 0.224 e. The molecule has 1 unspecified atom stereocenters. The molecule has 1 atom stereocenters. The Kier molecular flexibility index (Phi) is 2.89. The van der Waals surface area contributed by atoms with E-state index in [1.165, 1.54) is 12.8 Å². The highest BCUT2D eigenvalue weighted by Crippen LogP contribution is 2.38. The third-order valence-corrected chi connectivity index (χ3v) is 3.63. The van der Waals surface area contributed by atoms with Gasteiger partial charge in [-0.15, -0.1) is 0 Å². The molecule has 1 aliphatic carbocycles. The van der Waals surface area contributed by atoms with Crippen LogP contribution in [0.5, 0.6) is 0 Å². The number of rotatable bonds is 3. The minimum Gasteiger partial charge on any atom is -0.367 e. The van der Waals surface area contributed by atoms with Crippen LogP contribution in [0.25, 0.3) is 0 Å². The van der Waals surface area contributed by atoms with Gasteiger partial charge in [-0.2, -0.15) is 0 Å². The predicted octanol–water partition coefficient (Wildman–Crippen LogP) is 1.39. The second kappa shape index (κ2) is 4.55. The first-order chi connectivity index (χ1) is 8.72. The number of nitrogens with zero attached hydrogens (tertiary/aromatic N) is 3. The van der Waals surface area contributed by atoms with Crippen molar-refractivity contribution in [3.8, 4) is 0 Å². The highest BCUT2D eigenvalue weighted by atomic mass is 16.2. The Hall–Kier alpha value is -1.65. The standard InChI is InChI=1S/C13H18N4O/c1-17-7-5-10(8-12(17)18)15-11-4-6-14-13(16-11)9-2-3-9/h4,6,9-10H,2-3,5,7-8H2,1H3,(H,14,15,16). The molecule has 1 saturated heterocycles. The van der Waals surface area contributed by atoms with Crippen LogP contribution >= 0.6 is 0 Å². The van der Waals surface area contributed by atoms with Crippen molar-refractivity contribution >= 4 is 11.7 Å². The van der Waals surface area contributed by atoms with Gasteiger partial charge in [-0.25, -0.2) is 9.97 Å². The van der Waals surface area contributed by atoms with Crippen LogP contribution in [0.4, 0.5) is 5.82 Å². The molecule has 2 fully saturated rings. The average Bonchev–Trinajstić information content (AvgIpc) is 3.18. The largest absolute Gasteiger partial charge is 0.367 e. The average molecular weight is 246 g/mol. The first-order valence-electron chi connectivity index (χ1n) is 6.56. The minimum absolute atomic E-state index is 0.204. The molecule has 5 nitrogen and oxygen atoms in total. The molecule has 1 aromatic heterocycles. The lowest BCUT2D eigenvalue weighted by Crippen LogP contribution is -2.41. The Morgan fingerprint density at radius 2 is 2.22 bits per heavy atom. The van der Waals surface area contributed by atoms with E-state index in [1.807, 2.05) is 13.1 Å². The van der Waals surface area contributed by atoms with Gasteiger partial charge in [-0.05, 0) is 25.3 Å². The summed E-state index contributed by atoms with van der Waals surface area (Å²) in [4.78, 5) is 22.2. The Balaban J connectivity index is 1.65. The van der Waals surface area contributed by atoms with Crippen molar-refractivity contribution < 1.29 is 4.79 Å². The maximum absolute atomic E-state index is 11.6. The highest BCUT2D eigenvalue weighted by molar-refractivity contribution is 5.77. The minimum atomic E-state index is 0.204. The van der Waals surface area contributed by atoms with Gasteiger partial charge in [0.2, 0.25) is 5.91 Å². The number of likely N-dealkylation sites (tertiary alicyclic amines) is 1. The summed E-state index contributed by atoms with van der Waals surface area (Å²) in [5, 5.41) is 3.36. The van der Waals surface area contributed by atoms with E-state index < -0.39 is 0 Å². The maximum atomic E-state index is 11.6. The number of hydrogen-bond acceptors (Lipinski definition) is 4. The number of carbonyl (C=O) groups is 1. The Bertz CT molecular complexity index is 458. The van der Waals surface area contributed by atoms with E-state index in [0.717, 1.165) is 24.6 Å². The molecule has 0 spiro atoms. The third kappa shape index (κ3) is 2.44. The number of hydrogen-bond donors (Lipinski definition) is 1. The zero-order chi connectivity index (χ0) is 12.5. The summed E-state index contributed by atoms with van der Waals surface area (Å²) in [5.41, 5.74) is 0. The Morgan fingerprint density at radius 3 is 2.94 bits per heavy atom. The molecule has 5 heteroatoms. The van der Waals surface area contributed by atoms with Crippen molar-refractivity contribution in [1.29, 1.82) is 0 Å². The number of nitrogens with one attached hydrogen (secondary N) is 1. The molecule has 0 bridgehead atoms. The van der Waals surface area contributed by atoms with E-state index in [-0.39, 0.29) is 11.9 Å². The summed E-state index contributed by atoms with van der Waals surface area (Å²) in [5.74, 6) is 2.56. The Labute approximate surface area is 107 Å². The van der Waals surface area contributed by atoms with Gasteiger partial charge >= 0.3 is 0 Å². The van der Waals surface area contributed by atoms with Crippen LogP contribution in [0.2, 0.25) is 0 Å². The van der Waals surface area contributed by atoms with Crippen LogP contribution in [0, 0.1) is 0 Å². The van der Waals surface area contributed by atoms with Gasteiger partial charge in [-0.3, -0.25) is 4.79 Å². The third-order valence-electron chi connectivity index (χ3n) is 3.63. The van der Waals surface area contributed by atoms with Crippen molar-refractivity contribution in [2.75, 3.05) is 18.9 Å². The number of anilines is 1. The first kappa shape index (κ1) is 11.4. The monoisotopic (exact) mass is 246 g/mol. The van der Waals surface area contributed by atoms with E-state index in [2.05, 4.69) is 15.3 Å². The lowest BCUT2D eigenvalue weighted by atomic mass is 10.1. The van der Waals surface area contributed by atoms with Crippen molar-refractivity contribution in [2.24, 2.45) is 0 Å². The summed E-state index contributed by atoms with van der Waals surface area (Å²) in [6.45, 7) is 0.817. The van der Waals surface area contributed by atoms with E-state index in [9.17, 15) is 4.79 Å². The van der Waals surface area contributed by atoms with E-state index in [0.29, 0.717) is 12.3 Å². The van der Waals surface area contributed by atoms with E-state index in [4.69, 9.17) is 0 Å². The topological polar surface area (TPSA) is 58.1 Å². The molecule has 0 radical (unpaired) electrons. The van der Waals surface area contributed by atoms with Gasteiger partial charge in [0.05, 0.1) is 0 Å². The predicted molar refractivity (Wildman–Crippen MR) is 68.3 cm³/mol. The summed E-state index contributed by atoms with van der Waals surface area (Å²) >= 11 is 0. The van der Waals surface area contributed by atoms with Gasteiger partial charge < -0.3 is 10.2 Å². The molecule has 1 N–H and O–H groups in total. The van der Waals surface area contributed by atoms with Crippen LogP contribution in [0.15, 0.2) is 12.3 Å². The quantitative estimate of drug-likeness (QED) is 0.875. The normalized spacial score (nSPS) is 24.2. The molecule has 96 valence electrons. The summed E-state index contributed by atoms with van der Waals surface area (Å²) < 4.78 is 0. The molecular weight excluding hydrogens is 228 g/mol. The van der Waals surface area contributed by atoms with Gasteiger partial charge in [0.15, 0.2) is 0 Å². The van der Waals surface area contributed by atoms with E-state index >= 15 is 0 Å². The zero-order valence-corrected chi connectivity index (χ0v) is 10.6. The lowest BCUT2D eigenvalue weighted by Gasteiger charge is -2.29. The summed E-state index contributed by atoms with van der Waals surface area (Å²) in [6.07, 6.45) is 5.75. The lowest BCUT2D eigenvalue weighted by molar-refractivity contribution is -0.132. The SMILES string of the molecule is CN1CCC(Nc2ccnc(C3CC3)n2)CC1=O. The van der Waals surface area contributed by atoms with Gasteiger partial charge in [0, 0.05) is 38.2 Å². The van der Waals surface area contributed by atoms with Gasteiger partial charge in [0.1, 0.15) is 11.6 Å². The van der Waals surface area contributed by atoms with Crippen LogP contribution in [-0.4, -0.2) is 40.4 Å². The van der Waals surface area contributed by atoms with Crippen molar-refractivity contribution in [2.45, 2.75) is 37.6 Å². The fourth-order valence-electron chi connectivity index (χ4n) is 2.27. The van der Waals surface area contributed by atoms with E-state index in [1.54, 1.807) is 11.1 Å². The van der Waals surface area contributed by atoms with Crippen molar-refractivity contribution in [3.63, 3.8) is 0 Å². The molecule has 0 aromatic carbocycles. The summed E-state index contributed by atoms with van der Waals surface area (Å²) in [7, 11) is 1.86. The number of piperidine rings is 1. The Morgan fingerprint density at radius 1 is 1.39 bits per heavy atom. The zero-order valence-electron chi connectivity index (χ0n) is 10.6. The molecule has 1 amide bonds. The van der Waals surface area contributed by atoms with Crippen molar-refractivity contribution in [1.82, 2.24) is 14.9 Å². The van der Waals surface area contributed by atoms with Crippen LogP contribution < -0.4 is 5.32 Å². The second-order valence-electron chi connectivity index (χ2n) is 5.22. The van der Waals surface area contributed by atoms with Crippen LogP contribution in [0.1, 0.15) is 37.4 Å². The number of carbonyl (C=O) groups excluding carboxylic acids is 1. The molecule has 2 aliphatic rings. The fourth-order valence-corrected chi connectivity index (χ4v) is 2.27. The fraction of sp³-hybridized carbons (Fsp3) is 0.615. The molecule has 1 aromatic rings. The first-order valence-corrected chi connectivity index (χ1v) is 6.56. The smallest absolute Gasteiger partial charge is 0.224 e. The molecule has 1 saturated carbocycles. The molecule has 3 rings (SSSR count). The number of aromatic nitrogens is 2. The second-order valence-corrected chi connectivity index (χ2v) is 5.22. The van der Waals surface area contributed by atoms with Crippen molar-refractivity contribution in [3.05, 3.63) is 18.1 Å². The molecule has 2 heterocycles. The molecular formula is C13H18N4O.